The summed E-state index contributed by atoms with van der Waals surface area (Å²) in [4.78, 5) is 6.84. The fraction of sp³-hybridized carbons (Fsp3) is 0.350. The van der Waals surface area contributed by atoms with Gasteiger partial charge in [0.05, 0.1) is 19.4 Å². The van der Waals surface area contributed by atoms with Gasteiger partial charge in [0.2, 0.25) is 0 Å². The van der Waals surface area contributed by atoms with Crippen LogP contribution in [0.3, 0.4) is 0 Å². The minimum atomic E-state index is 0.335. The van der Waals surface area contributed by atoms with E-state index in [0.29, 0.717) is 6.10 Å². The number of anilines is 2. The number of para-hydroxylation sites is 2. The molecule has 25 heavy (non-hydrogen) atoms. The summed E-state index contributed by atoms with van der Waals surface area (Å²) >= 11 is 5.84. The lowest BCUT2D eigenvalue weighted by atomic mass is 10.2. The molecular weight excluding hydrogens is 330 g/mol. The molecule has 4 rings (SSSR count). The highest BCUT2D eigenvalue weighted by molar-refractivity contribution is 7.80. The first-order valence-electron chi connectivity index (χ1n) is 8.84. The van der Waals surface area contributed by atoms with Crippen LogP contribution in [0.25, 0.3) is 0 Å². The standard InChI is InChI=1S/C20H23N3OS/c25-20-22(17-8-3-1-4-9-17)15-21(14-19-12-7-13-24-19)16-23(20)18-10-5-2-6-11-18/h1-6,8-11,19H,7,12-16H2/t19-/m0/s1. The smallest absolute Gasteiger partial charge is 0.182 e. The van der Waals surface area contributed by atoms with E-state index in [-0.39, 0.29) is 0 Å². The summed E-state index contributed by atoms with van der Waals surface area (Å²) in [6.45, 7) is 3.43. The summed E-state index contributed by atoms with van der Waals surface area (Å²) < 4.78 is 5.85. The Morgan fingerprint density at radius 2 is 1.44 bits per heavy atom. The van der Waals surface area contributed by atoms with E-state index >= 15 is 0 Å². The summed E-state index contributed by atoms with van der Waals surface area (Å²) in [6, 6.07) is 20.8. The molecule has 0 N–H and O–H groups in total. The summed E-state index contributed by atoms with van der Waals surface area (Å²) in [7, 11) is 0. The Hall–Kier alpha value is -1.95. The third-order valence-electron chi connectivity index (χ3n) is 4.77. The second kappa shape index (κ2) is 7.52. The molecular formula is C20H23N3OS. The lowest BCUT2D eigenvalue weighted by Crippen LogP contribution is -2.59. The molecule has 5 heteroatoms. The molecule has 4 nitrogen and oxygen atoms in total. The van der Waals surface area contributed by atoms with Crippen molar-refractivity contribution in [3.05, 3.63) is 60.7 Å². The van der Waals surface area contributed by atoms with E-state index < -0.39 is 0 Å². The second-order valence-corrected chi connectivity index (χ2v) is 6.95. The predicted octanol–water partition coefficient (Wildman–Crippen LogP) is 3.69. The van der Waals surface area contributed by atoms with Crippen molar-refractivity contribution in [2.24, 2.45) is 0 Å². The van der Waals surface area contributed by atoms with Crippen LogP contribution in [0, 0.1) is 0 Å². The lowest BCUT2D eigenvalue weighted by Gasteiger charge is -2.45. The van der Waals surface area contributed by atoms with E-state index in [9.17, 15) is 0 Å². The largest absolute Gasteiger partial charge is 0.377 e. The Labute approximate surface area is 154 Å². The molecule has 0 aliphatic carbocycles. The molecule has 0 saturated carbocycles. The molecule has 0 bridgehead atoms. The molecule has 2 aliphatic heterocycles. The third-order valence-corrected chi connectivity index (χ3v) is 5.21. The highest BCUT2D eigenvalue weighted by Gasteiger charge is 2.31. The van der Waals surface area contributed by atoms with E-state index in [1.54, 1.807) is 0 Å². The van der Waals surface area contributed by atoms with Crippen LogP contribution >= 0.6 is 12.2 Å². The van der Waals surface area contributed by atoms with E-state index in [4.69, 9.17) is 17.0 Å². The van der Waals surface area contributed by atoms with Gasteiger partial charge in [-0.1, -0.05) is 36.4 Å². The zero-order valence-corrected chi connectivity index (χ0v) is 15.1. The molecule has 130 valence electrons. The molecule has 2 heterocycles. The van der Waals surface area contributed by atoms with Crippen molar-refractivity contribution < 1.29 is 4.74 Å². The summed E-state index contributed by atoms with van der Waals surface area (Å²) in [5.74, 6) is 0. The molecule has 0 radical (unpaired) electrons. The topological polar surface area (TPSA) is 19.0 Å². The van der Waals surface area contributed by atoms with Gasteiger partial charge in [-0.15, -0.1) is 0 Å². The van der Waals surface area contributed by atoms with Gasteiger partial charge in [-0.25, -0.2) is 0 Å². The summed E-state index contributed by atoms with van der Waals surface area (Å²) in [6.07, 6.45) is 2.65. The van der Waals surface area contributed by atoms with Crippen molar-refractivity contribution in [3.8, 4) is 0 Å². The minimum Gasteiger partial charge on any atom is -0.377 e. The fourth-order valence-electron chi connectivity index (χ4n) is 3.50. The van der Waals surface area contributed by atoms with E-state index in [2.05, 4.69) is 63.2 Å². The first kappa shape index (κ1) is 16.5. The zero-order valence-electron chi connectivity index (χ0n) is 14.3. The number of thiocarbonyl (C=S) groups is 1. The quantitative estimate of drug-likeness (QED) is 0.778. The van der Waals surface area contributed by atoms with Crippen LogP contribution in [-0.4, -0.2) is 42.6 Å². The van der Waals surface area contributed by atoms with Gasteiger partial charge in [0.15, 0.2) is 5.11 Å². The van der Waals surface area contributed by atoms with Crippen LogP contribution in [0.1, 0.15) is 12.8 Å². The van der Waals surface area contributed by atoms with Gasteiger partial charge in [-0.3, -0.25) is 4.90 Å². The second-order valence-electron chi connectivity index (χ2n) is 6.58. The monoisotopic (exact) mass is 353 g/mol. The van der Waals surface area contributed by atoms with Crippen molar-refractivity contribution in [3.63, 3.8) is 0 Å². The Bertz CT molecular complexity index is 652. The predicted molar refractivity (Wildman–Crippen MR) is 106 cm³/mol. The summed E-state index contributed by atoms with van der Waals surface area (Å²) in [5.41, 5.74) is 2.26. The van der Waals surface area contributed by atoms with Crippen molar-refractivity contribution in [2.75, 3.05) is 36.3 Å². The van der Waals surface area contributed by atoms with Crippen molar-refractivity contribution >= 4 is 28.7 Å². The van der Waals surface area contributed by atoms with Gasteiger partial charge in [0.25, 0.3) is 0 Å². The van der Waals surface area contributed by atoms with Crippen LogP contribution in [0.4, 0.5) is 11.4 Å². The molecule has 0 unspecified atom stereocenters. The molecule has 2 aliphatic rings. The SMILES string of the molecule is S=C1N(c2ccccc2)CN(C[C@@H]2CCCO2)CN1c1ccccc1. The van der Waals surface area contributed by atoms with Crippen LogP contribution in [0.15, 0.2) is 60.7 Å². The number of benzene rings is 2. The molecule has 0 spiro atoms. The van der Waals surface area contributed by atoms with Crippen LogP contribution in [-0.2, 0) is 4.74 Å². The van der Waals surface area contributed by atoms with Crippen molar-refractivity contribution in [1.29, 1.82) is 0 Å². The van der Waals surface area contributed by atoms with Crippen molar-refractivity contribution in [2.45, 2.75) is 18.9 Å². The lowest BCUT2D eigenvalue weighted by molar-refractivity contribution is 0.0735. The van der Waals surface area contributed by atoms with Gasteiger partial charge in [0, 0.05) is 24.5 Å². The molecule has 2 aromatic carbocycles. The van der Waals surface area contributed by atoms with Gasteiger partial charge >= 0.3 is 0 Å². The summed E-state index contributed by atoms with van der Waals surface area (Å²) in [5, 5.41) is 0.848. The van der Waals surface area contributed by atoms with Gasteiger partial charge in [0.1, 0.15) is 0 Å². The molecule has 1 atom stereocenters. The van der Waals surface area contributed by atoms with Gasteiger partial charge in [-0.05, 0) is 49.3 Å². The number of rotatable bonds is 4. The molecule has 0 amide bonds. The highest BCUT2D eigenvalue weighted by Crippen LogP contribution is 2.26. The maximum Gasteiger partial charge on any atom is 0.182 e. The van der Waals surface area contributed by atoms with E-state index in [1.807, 2.05) is 12.1 Å². The Balaban J connectivity index is 1.60. The zero-order chi connectivity index (χ0) is 17.1. The Morgan fingerprint density at radius 1 is 0.880 bits per heavy atom. The van der Waals surface area contributed by atoms with Crippen LogP contribution in [0.5, 0.6) is 0 Å². The Kier molecular flexibility index (Phi) is 4.97. The minimum absolute atomic E-state index is 0.335. The first-order valence-corrected chi connectivity index (χ1v) is 9.25. The number of nitrogens with zero attached hydrogens (tertiary/aromatic N) is 3. The van der Waals surface area contributed by atoms with Crippen molar-refractivity contribution in [1.82, 2.24) is 4.90 Å². The fourth-order valence-corrected chi connectivity index (χ4v) is 3.83. The molecule has 2 saturated heterocycles. The molecule has 2 fully saturated rings. The van der Waals surface area contributed by atoms with Gasteiger partial charge in [-0.2, -0.15) is 0 Å². The maximum atomic E-state index is 5.85. The van der Waals surface area contributed by atoms with E-state index in [0.717, 1.165) is 49.4 Å². The highest BCUT2D eigenvalue weighted by atomic mass is 32.1. The number of hydrogen-bond donors (Lipinski definition) is 0. The average Bonchev–Trinajstić information content (AvgIpc) is 3.17. The average molecular weight is 353 g/mol. The normalized spacial score (nSPS) is 21.8. The van der Waals surface area contributed by atoms with Crippen LogP contribution < -0.4 is 9.80 Å². The molecule has 0 aromatic heterocycles. The van der Waals surface area contributed by atoms with Crippen LogP contribution in [0.2, 0.25) is 0 Å². The number of ether oxygens (including phenoxy) is 1. The third kappa shape index (κ3) is 3.68. The first-order chi connectivity index (χ1) is 12.3. The number of hydrogen-bond acceptors (Lipinski definition) is 3. The van der Waals surface area contributed by atoms with Gasteiger partial charge < -0.3 is 14.5 Å². The van der Waals surface area contributed by atoms with E-state index in [1.165, 1.54) is 6.42 Å². The molecule has 2 aromatic rings. The maximum absolute atomic E-state index is 5.85. The Morgan fingerprint density at radius 3 is 1.92 bits per heavy atom.